The maximum atomic E-state index is 10.6. The van der Waals surface area contributed by atoms with Gasteiger partial charge in [-0.05, 0) is 36.8 Å². The maximum absolute atomic E-state index is 10.6. The summed E-state index contributed by atoms with van der Waals surface area (Å²) >= 11 is 0. The first-order chi connectivity index (χ1) is 9.35. The van der Waals surface area contributed by atoms with Crippen molar-refractivity contribution in [2.75, 3.05) is 11.9 Å². The van der Waals surface area contributed by atoms with Gasteiger partial charge in [0.1, 0.15) is 11.9 Å². The number of carboxylic acid groups (broad SMARTS) is 1. The Bertz CT molecular complexity index is 518. The van der Waals surface area contributed by atoms with Gasteiger partial charge in [-0.2, -0.15) is 5.26 Å². The lowest BCUT2D eigenvalue weighted by molar-refractivity contribution is -0.137. The molecule has 0 aliphatic rings. The minimum Gasteiger partial charge on any atom is -0.481 e. The summed E-state index contributed by atoms with van der Waals surface area (Å²) < 4.78 is 0. The van der Waals surface area contributed by atoms with Crippen molar-refractivity contribution in [2.45, 2.75) is 40.0 Å². The van der Waals surface area contributed by atoms with Gasteiger partial charge in [-0.15, -0.1) is 0 Å². The van der Waals surface area contributed by atoms with Crippen molar-refractivity contribution in [3.63, 3.8) is 0 Å². The predicted molar refractivity (Wildman–Crippen MR) is 77.4 cm³/mol. The summed E-state index contributed by atoms with van der Waals surface area (Å²) in [5, 5.41) is 21.0. The molecule has 0 spiro atoms. The van der Waals surface area contributed by atoms with E-state index in [0.717, 1.165) is 12.0 Å². The number of aromatic nitrogens is 1. The largest absolute Gasteiger partial charge is 0.481 e. The highest BCUT2D eigenvalue weighted by Gasteiger charge is 2.19. The molecule has 1 aromatic rings. The van der Waals surface area contributed by atoms with Crippen LogP contribution in [0.1, 0.15) is 44.2 Å². The van der Waals surface area contributed by atoms with Gasteiger partial charge >= 0.3 is 5.97 Å². The SMILES string of the molecule is Cc1ccnc(NCCC(C)(C)CCC(=O)O)c1C#N. The van der Waals surface area contributed by atoms with Crippen molar-refractivity contribution < 1.29 is 9.90 Å². The quantitative estimate of drug-likeness (QED) is 0.799. The first-order valence-electron chi connectivity index (χ1n) is 6.67. The van der Waals surface area contributed by atoms with E-state index in [9.17, 15) is 4.79 Å². The van der Waals surface area contributed by atoms with Gasteiger partial charge in [0.05, 0.1) is 5.56 Å². The lowest BCUT2D eigenvalue weighted by Gasteiger charge is -2.24. The van der Waals surface area contributed by atoms with Crippen molar-refractivity contribution in [1.29, 1.82) is 5.26 Å². The van der Waals surface area contributed by atoms with E-state index in [2.05, 4.69) is 16.4 Å². The first-order valence-corrected chi connectivity index (χ1v) is 6.67. The third-order valence-corrected chi connectivity index (χ3v) is 3.38. The minimum atomic E-state index is -0.766. The fourth-order valence-corrected chi connectivity index (χ4v) is 1.92. The third-order valence-electron chi connectivity index (χ3n) is 3.38. The fraction of sp³-hybridized carbons (Fsp3) is 0.533. The van der Waals surface area contributed by atoms with E-state index in [1.54, 1.807) is 12.3 Å². The van der Waals surface area contributed by atoms with Crippen molar-refractivity contribution in [3.8, 4) is 6.07 Å². The van der Waals surface area contributed by atoms with E-state index >= 15 is 0 Å². The molecule has 5 nitrogen and oxygen atoms in total. The van der Waals surface area contributed by atoms with Crippen LogP contribution in [0.5, 0.6) is 0 Å². The maximum Gasteiger partial charge on any atom is 0.303 e. The molecule has 1 rings (SSSR count). The molecule has 0 fully saturated rings. The van der Waals surface area contributed by atoms with E-state index in [0.29, 0.717) is 24.3 Å². The van der Waals surface area contributed by atoms with Crippen LogP contribution in [0.4, 0.5) is 5.82 Å². The van der Waals surface area contributed by atoms with Gasteiger partial charge in [0.15, 0.2) is 0 Å². The van der Waals surface area contributed by atoms with E-state index in [-0.39, 0.29) is 11.8 Å². The van der Waals surface area contributed by atoms with Crippen LogP contribution >= 0.6 is 0 Å². The summed E-state index contributed by atoms with van der Waals surface area (Å²) in [7, 11) is 0. The van der Waals surface area contributed by atoms with Crippen LogP contribution < -0.4 is 5.32 Å². The Balaban J connectivity index is 2.55. The number of nitrogens with one attached hydrogen (secondary N) is 1. The molecule has 0 saturated carbocycles. The number of anilines is 1. The highest BCUT2D eigenvalue weighted by Crippen LogP contribution is 2.27. The Kier molecular flexibility index (Phi) is 5.51. The highest BCUT2D eigenvalue weighted by atomic mass is 16.4. The molecule has 0 radical (unpaired) electrons. The molecule has 5 heteroatoms. The van der Waals surface area contributed by atoms with Crippen LogP contribution in [0.25, 0.3) is 0 Å². The standard InChI is InChI=1S/C15H21N3O2/c1-11-5-8-17-14(12(11)10-16)18-9-7-15(2,3)6-4-13(19)20/h5,8H,4,6-7,9H2,1-3H3,(H,17,18)(H,19,20). The number of carbonyl (C=O) groups is 1. The predicted octanol–water partition coefficient (Wildman–Crippen LogP) is 2.95. The van der Waals surface area contributed by atoms with E-state index in [4.69, 9.17) is 10.4 Å². The highest BCUT2D eigenvalue weighted by molar-refractivity contribution is 5.66. The Morgan fingerprint density at radius 2 is 2.20 bits per heavy atom. The summed E-state index contributed by atoms with van der Waals surface area (Å²) in [5.41, 5.74) is 1.41. The van der Waals surface area contributed by atoms with E-state index < -0.39 is 5.97 Å². The first kappa shape index (κ1) is 16.0. The van der Waals surface area contributed by atoms with Gasteiger partial charge in [0.25, 0.3) is 0 Å². The van der Waals surface area contributed by atoms with Crippen molar-refractivity contribution in [3.05, 3.63) is 23.4 Å². The zero-order valence-corrected chi connectivity index (χ0v) is 12.2. The molecule has 0 aromatic carbocycles. The van der Waals surface area contributed by atoms with Crippen LogP contribution in [-0.2, 0) is 4.79 Å². The monoisotopic (exact) mass is 275 g/mol. The molecule has 0 unspecified atom stereocenters. The molecular formula is C15H21N3O2. The zero-order chi connectivity index (χ0) is 15.2. The number of aliphatic carboxylic acids is 1. The van der Waals surface area contributed by atoms with Crippen LogP contribution in [-0.4, -0.2) is 22.6 Å². The number of hydrogen-bond acceptors (Lipinski definition) is 4. The summed E-state index contributed by atoms with van der Waals surface area (Å²) in [6.45, 7) is 6.64. The van der Waals surface area contributed by atoms with Crippen molar-refractivity contribution in [1.82, 2.24) is 4.98 Å². The van der Waals surface area contributed by atoms with Crippen molar-refractivity contribution >= 4 is 11.8 Å². The second-order valence-corrected chi connectivity index (χ2v) is 5.70. The second kappa shape index (κ2) is 6.90. The number of aryl methyl sites for hydroxylation is 1. The summed E-state index contributed by atoms with van der Waals surface area (Å²) in [6, 6.07) is 3.95. The molecule has 0 aliphatic heterocycles. The smallest absolute Gasteiger partial charge is 0.303 e. The lowest BCUT2D eigenvalue weighted by atomic mass is 9.84. The Morgan fingerprint density at radius 3 is 2.80 bits per heavy atom. The number of pyridine rings is 1. The fourth-order valence-electron chi connectivity index (χ4n) is 1.92. The van der Waals surface area contributed by atoms with E-state index in [1.807, 2.05) is 20.8 Å². The normalized spacial score (nSPS) is 10.9. The van der Waals surface area contributed by atoms with Crippen LogP contribution in [0, 0.1) is 23.7 Å². The van der Waals surface area contributed by atoms with Gasteiger partial charge in [-0.25, -0.2) is 4.98 Å². The second-order valence-electron chi connectivity index (χ2n) is 5.70. The van der Waals surface area contributed by atoms with Gasteiger partial charge < -0.3 is 10.4 Å². The third kappa shape index (κ3) is 4.88. The average molecular weight is 275 g/mol. The Morgan fingerprint density at radius 1 is 1.50 bits per heavy atom. The van der Waals surface area contributed by atoms with Gasteiger partial charge in [-0.1, -0.05) is 13.8 Å². The molecule has 108 valence electrons. The summed E-state index contributed by atoms with van der Waals surface area (Å²) in [6.07, 6.45) is 3.31. The molecule has 2 N–H and O–H groups in total. The lowest BCUT2D eigenvalue weighted by Crippen LogP contribution is -2.19. The van der Waals surface area contributed by atoms with Gasteiger partial charge in [-0.3, -0.25) is 4.79 Å². The summed E-state index contributed by atoms with van der Waals surface area (Å²) in [4.78, 5) is 14.8. The molecule has 20 heavy (non-hydrogen) atoms. The molecule has 1 heterocycles. The molecule has 0 atom stereocenters. The molecular weight excluding hydrogens is 254 g/mol. The van der Waals surface area contributed by atoms with Crippen LogP contribution in [0.2, 0.25) is 0 Å². The molecule has 1 aromatic heterocycles. The van der Waals surface area contributed by atoms with Gasteiger partial charge in [0.2, 0.25) is 0 Å². The topological polar surface area (TPSA) is 86.0 Å². The van der Waals surface area contributed by atoms with Gasteiger partial charge in [0, 0.05) is 19.2 Å². The van der Waals surface area contributed by atoms with E-state index in [1.165, 1.54) is 0 Å². The van der Waals surface area contributed by atoms with Crippen LogP contribution in [0.15, 0.2) is 12.3 Å². The number of nitriles is 1. The molecule has 0 bridgehead atoms. The van der Waals surface area contributed by atoms with Crippen LogP contribution in [0.3, 0.4) is 0 Å². The zero-order valence-electron chi connectivity index (χ0n) is 12.2. The number of nitrogens with zero attached hydrogens (tertiary/aromatic N) is 2. The Labute approximate surface area is 119 Å². The number of carboxylic acids is 1. The minimum absolute atomic E-state index is 0.0536. The Hall–Kier alpha value is -2.09. The number of hydrogen-bond donors (Lipinski definition) is 2. The average Bonchev–Trinajstić information content (AvgIpc) is 2.37. The molecule has 0 saturated heterocycles. The van der Waals surface area contributed by atoms with Crippen molar-refractivity contribution in [2.24, 2.45) is 5.41 Å². The molecule has 0 amide bonds. The number of rotatable bonds is 7. The molecule has 0 aliphatic carbocycles. The summed E-state index contributed by atoms with van der Waals surface area (Å²) in [5.74, 6) is -0.167.